The van der Waals surface area contributed by atoms with Crippen molar-refractivity contribution in [3.8, 4) is 6.07 Å². The fraction of sp³-hybridized carbons (Fsp3) is 0.400. The molecule has 0 fully saturated rings. The lowest BCUT2D eigenvalue weighted by atomic mass is 9.85. The average molecular weight is 389 g/mol. The third kappa shape index (κ3) is 6.74. The SMILES string of the molecule is CC(C)(C)c1ccncc1C#N.CC(C)(C)c1ccncc1C(N)=S.S. The molecular weight excluding hydrogens is 360 g/mol. The summed E-state index contributed by atoms with van der Waals surface area (Å²) in [6.45, 7) is 12.6. The molecule has 0 unspecified atom stereocenters. The summed E-state index contributed by atoms with van der Waals surface area (Å²) in [7, 11) is 0. The van der Waals surface area contributed by atoms with Gasteiger partial charge in [-0.2, -0.15) is 18.8 Å². The minimum absolute atomic E-state index is 0. The van der Waals surface area contributed by atoms with Gasteiger partial charge in [0.05, 0.1) is 5.56 Å². The lowest BCUT2D eigenvalue weighted by Gasteiger charge is -2.21. The van der Waals surface area contributed by atoms with Crippen LogP contribution in [0, 0.1) is 11.3 Å². The highest BCUT2D eigenvalue weighted by Gasteiger charge is 2.18. The molecular formula is C20H28N4S2. The van der Waals surface area contributed by atoms with Crippen molar-refractivity contribution >= 4 is 30.7 Å². The van der Waals surface area contributed by atoms with Crippen LogP contribution < -0.4 is 5.73 Å². The fourth-order valence-corrected chi connectivity index (χ4v) is 2.55. The normalized spacial score (nSPS) is 10.7. The van der Waals surface area contributed by atoms with E-state index >= 15 is 0 Å². The van der Waals surface area contributed by atoms with Crippen LogP contribution in [0.3, 0.4) is 0 Å². The topological polar surface area (TPSA) is 75.6 Å². The van der Waals surface area contributed by atoms with Gasteiger partial charge in [0.2, 0.25) is 0 Å². The summed E-state index contributed by atoms with van der Waals surface area (Å²) in [5.41, 5.74) is 9.44. The van der Waals surface area contributed by atoms with Crippen molar-refractivity contribution in [3.63, 3.8) is 0 Å². The number of hydrogen-bond donors (Lipinski definition) is 1. The van der Waals surface area contributed by atoms with Crippen LogP contribution in [0.1, 0.15) is 63.8 Å². The van der Waals surface area contributed by atoms with Crippen LogP contribution in [-0.2, 0) is 10.8 Å². The number of thiocarbonyl (C=S) groups is 1. The summed E-state index contributed by atoms with van der Waals surface area (Å²) in [6.07, 6.45) is 6.83. The molecule has 0 amide bonds. The van der Waals surface area contributed by atoms with E-state index in [1.165, 1.54) is 0 Å². The van der Waals surface area contributed by atoms with E-state index in [1.54, 1.807) is 24.8 Å². The number of nitrogens with two attached hydrogens (primary N) is 1. The zero-order valence-corrected chi connectivity index (χ0v) is 18.1. The number of rotatable bonds is 1. The third-order valence-electron chi connectivity index (χ3n) is 3.64. The number of nitriles is 1. The molecule has 2 aromatic rings. The lowest BCUT2D eigenvalue weighted by molar-refractivity contribution is 0.587. The number of pyridine rings is 2. The van der Waals surface area contributed by atoms with Crippen molar-refractivity contribution < 1.29 is 0 Å². The zero-order valence-electron chi connectivity index (χ0n) is 16.3. The van der Waals surface area contributed by atoms with Gasteiger partial charge in [0, 0.05) is 30.4 Å². The molecule has 0 saturated heterocycles. The molecule has 0 aromatic carbocycles. The molecule has 2 rings (SSSR count). The predicted molar refractivity (Wildman–Crippen MR) is 117 cm³/mol. The summed E-state index contributed by atoms with van der Waals surface area (Å²) < 4.78 is 0. The summed E-state index contributed by atoms with van der Waals surface area (Å²) in [5.74, 6) is 0. The second-order valence-electron chi connectivity index (χ2n) is 7.82. The van der Waals surface area contributed by atoms with E-state index in [2.05, 4.69) is 57.6 Å². The van der Waals surface area contributed by atoms with Crippen molar-refractivity contribution in [1.29, 1.82) is 5.26 Å². The van der Waals surface area contributed by atoms with Gasteiger partial charge in [-0.15, -0.1) is 0 Å². The first-order valence-electron chi connectivity index (χ1n) is 8.07. The van der Waals surface area contributed by atoms with Crippen LogP contribution in [0.15, 0.2) is 36.9 Å². The van der Waals surface area contributed by atoms with Gasteiger partial charge in [-0.25, -0.2) is 0 Å². The predicted octanol–water partition coefficient (Wildman–Crippen LogP) is 4.38. The van der Waals surface area contributed by atoms with Gasteiger partial charge in [0.25, 0.3) is 0 Å². The molecule has 0 saturated carbocycles. The molecule has 2 heterocycles. The Labute approximate surface area is 169 Å². The first kappa shape index (κ1) is 24.0. The van der Waals surface area contributed by atoms with E-state index in [4.69, 9.17) is 23.2 Å². The molecule has 0 radical (unpaired) electrons. The Morgan fingerprint density at radius 2 is 1.42 bits per heavy atom. The Balaban J connectivity index is 0.000000464. The lowest BCUT2D eigenvalue weighted by Crippen LogP contribution is -2.20. The van der Waals surface area contributed by atoms with Crippen molar-refractivity contribution in [1.82, 2.24) is 9.97 Å². The van der Waals surface area contributed by atoms with E-state index in [9.17, 15) is 0 Å². The first-order valence-corrected chi connectivity index (χ1v) is 8.48. The molecule has 4 nitrogen and oxygen atoms in total. The highest BCUT2D eigenvalue weighted by atomic mass is 32.1. The van der Waals surface area contributed by atoms with Gasteiger partial charge in [-0.3, -0.25) is 9.97 Å². The van der Waals surface area contributed by atoms with Gasteiger partial charge >= 0.3 is 0 Å². The Morgan fingerprint density at radius 3 is 1.77 bits per heavy atom. The van der Waals surface area contributed by atoms with E-state index in [0.717, 1.165) is 16.7 Å². The van der Waals surface area contributed by atoms with Crippen molar-refractivity contribution in [2.75, 3.05) is 0 Å². The van der Waals surface area contributed by atoms with Crippen molar-refractivity contribution in [2.45, 2.75) is 52.4 Å². The maximum absolute atomic E-state index is 8.79. The number of hydrogen-bond acceptors (Lipinski definition) is 4. The molecule has 0 spiro atoms. The molecule has 0 bridgehead atoms. The van der Waals surface area contributed by atoms with E-state index in [1.807, 2.05) is 12.1 Å². The van der Waals surface area contributed by atoms with E-state index in [0.29, 0.717) is 10.6 Å². The average Bonchev–Trinajstić information content (AvgIpc) is 2.53. The maximum Gasteiger partial charge on any atom is 0.105 e. The Kier molecular flexibility index (Phi) is 8.92. The molecule has 0 aliphatic rings. The largest absolute Gasteiger partial charge is 0.389 e. The molecule has 2 aromatic heterocycles. The van der Waals surface area contributed by atoms with Crippen LogP contribution in [0.2, 0.25) is 0 Å². The Morgan fingerprint density at radius 1 is 0.962 bits per heavy atom. The van der Waals surface area contributed by atoms with Crippen LogP contribution in [0.25, 0.3) is 0 Å². The van der Waals surface area contributed by atoms with E-state index < -0.39 is 0 Å². The minimum Gasteiger partial charge on any atom is -0.389 e. The van der Waals surface area contributed by atoms with Crippen molar-refractivity contribution in [2.24, 2.45) is 5.73 Å². The minimum atomic E-state index is 0. The van der Waals surface area contributed by atoms with Gasteiger partial charge in [-0.05, 0) is 34.1 Å². The molecule has 6 heteroatoms. The van der Waals surface area contributed by atoms with Gasteiger partial charge in [-0.1, -0.05) is 53.8 Å². The van der Waals surface area contributed by atoms with Gasteiger partial charge in [0.1, 0.15) is 11.1 Å². The molecule has 0 atom stereocenters. The monoisotopic (exact) mass is 388 g/mol. The van der Waals surface area contributed by atoms with Crippen LogP contribution in [0.5, 0.6) is 0 Å². The summed E-state index contributed by atoms with van der Waals surface area (Å²) in [6, 6.07) is 6.01. The maximum atomic E-state index is 8.79. The van der Waals surface area contributed by atoms with Crippen molar-refractivity contribution in [3.05, 3.63) is 59.2 Å². The number of aromatic nitrogens is 2. The highest BCUT2D eigenvalue weighted by molar-refractivity contribution is 7.80. The highest BCUT2D eigenvalue weighted by Crippen LogP contribution is 2.25. The quantitative estimate of drug-likeness (QED) is 0.734. The zero-order chi connectivity index (χ0) is 19.3. The summed E-state index contributed by atoms with van der Waals surface area (Å²) >= 11 is 4.96. The summed E-state index contributed by atoms with van der Waals surface area (Å²) in [4.78, 5) is 8.33. The van der Waals surface area contributed by atoms with Crippen LogP contribution in [0.4, 0.5) is 0 Å². The number of nitrogens with zero attached hydrogens (tertiary/aromatic N) is 3. The van der Waals surface area contributed by atoms with Crippen LogP contribution >= 0.6 is 25.7 Å². The Bertz CT molecular complexity index is 781. The molecule has 0 aliphatic carbocycles. The molecule has 26 heavy (non-hydrogen) atoms. The summed E-state index contributed by atoms with van der Waals surface area (Å²) in [5, 5.41) is 8.79. The standard InChI is InChI=1S/C10H14N2S.C10H12N2.H2S/c1-10(2,3)8-4-5-12-6-7(8)9(11)13;1-10(2,3)9-4-5-12-7-8(9)6-11;/h4-6H,1-3H3,(H2,11,13);4-5,7H,1-3H3;1H2. The molecule has 140 valence electrons. The molecule has 0 aliphatic heterocycles. The van der Waals surface area contributed by atoms with Gasteiger partial charge in [0.15, 0.2) is 0 Å². The Hall–Kier alpha value is -1.97. The van der Waals surface area contributed by atoms with Gasteiger partial charge < -0.3 is 5.73 Å². The van der Waals surface area contributed by atoms with Crippen LogP contribution in [-0.4, -0.2) is 15.0 Å². The smallest absolute Gasteiger partial charge is 0.105 e. The second kappa shape index (κ2) is 9.65. The molecule has 2 N–H and O–H groups in total. The third-order valence-corrected chi connectivity index (χ3v) is 3.86. The first-order chi connectivity index (χ1) is 11.5. The van der Waals surface area contributed by atoms with E-state index in [-0.39, 0.29) is 24.3 Å². The second-order valence-corrected chi connectivity index (χ2v) is 8.26. The fourth-order valence-electron chi connectivity index (χ4n) is 2.38.